The van der Waals surface area contributed by atoms with Crippen molar-refractivity contribution < 1.29 is 9.53 Å². The quantitative estimate of drug-likeness (QED) is 0.325. The molecule has 4 aromatic rings. The molecule has 0 aliphatic heterocycles. The fourth-order valence-electron chi connectivity index (χ4n) is 2.80. The number of para-hydroxylation sites is 1. The minimum absolute atomic E-state index is 0.152. The molecule has 0 atom stereocenters. The van der Waals surface area contributed by atoms with Gasteiger partial charge in [0.1, 0.15) is 12.4 Å². The van der Waals surface area contributed by atoms with Gasteiger partial charge in [0.15, 0.2) is 16.1 Å². The number of benzene rings is 2. The second-order valence-corrected chi connectivity index (χ2v) is 9.15. The van der Waals surface area contributed by atoms with E-state index in [1.807, 2.05) is 35.8 Å². The summed E-state index contributed by atoms with van der Waals surface area (Å²) >= 11 is 14.8. The number of aromatic nitrogens is 4. The van der Waals surface area contributed by atoms with Crippen molar-refractivity contribution in [1.29, 1.82) is 0 Å². The van der Waals surface area contributed by atoms with Crippen molar-refractivity contribution in [2.75, 3.05) is 11.1 Å². The Morgan fingerprint density at radius 3 is 2.84 bits per heavy atom. The predicted octanol–water partition coefficient (Wildman–Crippen LogP) is 5.52. The lowest BCUT2D eigenvalue weighted by atomic mass is 10.3. The molecule has 0 spiro atoms. The molecule has 11 heteroatoms. The highest BCUT2D eigenvalue weighted by atomic mass is 35.5. The molecule has 0 aliphatic rings. The van der Waals surface area contributed by atoms with Crippen LogP contribution in [0.5, 0.6) is 5.75 Å². The molecule has 0 unspecified atom stereocenters. The molecule has 7 nitrogen and oxygen atoms in total. The van der Waals surface area contributed by atoms with Crippen molar-refractivity contribution in [3.05, 3.63) is 58.3 Å². The van der Waals surface area contributed by atoms with Gasteiger partial charge in [-0.25, -0.2) is 4.98 Å². The van der Waals surface area contributed by atoms with E-state index in [9.17, 15) is 4.79 Å². The number of anilines is 1. The molecule has 0 radical (unpaired) electrons. The number of thiazole rings is 1. The molecule has 2 aromatic carbocycles. The van der Waals surface area contributed by atoms with Gasteiger partial charge in [0.05, 0.1) is 21.0 Å². The average Bonchev–Trinajstić information content (AvgIpc) is 3.34. The number of fused-ring (bicyclic) bond motifs is 1. The van der Waals surface area contributed by atoms with Gasteiger partial charge in [0, 0.05) is 11.6 Å². The van der Waals surface area contributed by atoms with Crippen LogP contribution in [-0.4, -0.2) is 31.4 Å². The van der Waals surface area contributed by atoms with E-state index in [0.29, 0.717) is 38.5 Å². The Hall–Kier alpha value is -2.33. The molecule has 0 saturated heterocycles. The van der Waals surface area contributed by atoms with Crippen LogP contribution in [-0.2, 0) is 17.9 Å². The first-order valence-electron chi connectivity index (χ1n) is 9.31. The van der Waals surface area contributed by atoms with E-state index in [1.54, 1.807) is 18.2 Å². The molecular weight excluding hydrogens is 477 g/mol. The van der Waals surface area contributed by atoms with Gasteiger partial charge in [-0.15, -0.1) is 10.2 Å². The lowest BCUT2D eigenvalue weighted by Gasteiger charge is -2.10. The summed E-state index contributed by atoms with van der Waals surface area (Å²) in [5.41, 5.74) is 0.867. The fraction of sp³-hybridized carbons (Fsp3) is 0.200. The average molecular weight is 494 g/mol. The Morgan fingerprint density at radius 1 is 1.23 bits per heavy atom. The van der Waals surface area contributed by atoms with Gasteiger partial charge >= 0.3 is 0 Å². The van der Waals surface area contributed by atoms with Crippen molar-refractivity contribution in [2.45, 2.75) is 25.2 Å². The summed E-state index contributed by atoms with van der Waals surface area (Å²) in [5.74, 6) is 1.20. The number of nitrogens with one attached hydrogen (secondary N) is 1. The zero-order valence-corrected chi connectivity index (χ0v) is 19.5. The van der Waals surface area contributed by atoms with Gasteiger partial charge < -0.3 is 14.6 Å². The highest BCUT2D eigenvalue weighted by molar-refractivity contribution is 7.99. The van der Waals surface area contributed by atoms with E-state index in [1.165, 1.54) is 23.1 Å². The molecule has 160 valence electrons. The Labute approximate surface area is 196 Å². The SMILES string of the molecule is CCn1c(COc2ccc(Cl)cc2Cl)nnc1SCC(=O)Nc1nc2ccccc2s1. The van der Waals surface area contributed by atoms with Crippen LogP contribution < -0.4 is 10.1 Å². The van der Waals surface area contributed by atoms with Gasteiger partial charge in [0.25, 0.3) is 0 Å². The Bertz CT molecular complexity index is 1190. The number of rotatable bonds is 8. The van der Waals surface area contributed by atoms with Crippen molar-refractivity contribution in [2.24, 2.45) is 0 Å². The van der Waals surface area contributed by atoms with Crippen LogP contribution in [0.3, 0.4) is 0 Å². The molecule has 1 N–H and O–H groups in total. The molecule has 2 aromatic heterocycles. The Balaban J connectivity index is 1.36. The van der Waals surface area contributed by atoms with Crippen molar-refractivity contribution in [3.63, 3.8) is 0 Å². The largest absolute Gasteiger partial charge is 0.484 e. The summed E-state index contributed by atoms with van der Waals surface area (Å²) in [5, 5.41) is 13.4. The number of carbonyl (C=O) groups is 1. The lowest BCUT2D eigenvalue weighted by Crippen LogP contribution is -2.14. The highest BCUT2D eigenvalue weighted by Gasteiger charge is 2.15. The molecule has 2 heterocycles. The van der Waals surface area contributed by atoms with Crippen molar-refractivity contribution in [1.82, 2.24) is 19.7 Å². The summed E-state index contributed by atoms with van der Waals surface area (Å²) in [6.45, 7) is 2.82. The summed E-state index contributed by atoms with van der Waals surface area (Å²) in [6.07, 6.45) is 0. The molecule has 0 saturated carbocycles. The number of amides is 1. The number of hydrogen-bond donors (Lipinski definition) is 1. The van der Waals surface area contributed by atoms with E-state index in [0.717, 1.165) is 10.2 Å². The Kier molecular flexibility index (Phi) is 6.96. The van der Waals surface area contributed by atoms with Crippen LogP contribution in [0.2, 0.25) is 10.0 Å². The van der Waals surface area contributed by atoms with Gasteiger partial charge in [-0.2, -0.15) is 0 Å². The molecule has 0 bridgehead atoms. The monoisotopic (exact) mass is 493 g/mol. The third kappa shape index (κ3) is 5.30. The highest BCUT2D eigenvalue weighted by Crippen LogP contribution is 2.29. The van der Waals surface area contributed by atoms with Crippen LogP contribution in [0, 0.1) is 0 Å². The molecule has 31 heavy (non-hydrogen) atoms. The minimum Gasteiger partial charge on any atom is -0.484 e. The number of hydrogen-bond acceptors (Lipinski definition) is 7. The number of halogens is 2. The summed E-state index contributed by atoms with van der Waals surface area (Å²) in [4.78, 5) is 16.8. The fourth-order valence-corrected chi connectivity index (χ4v) is 4.96. The maximum Gasteiger partial charge on any atom is 0.236 e. The molecule has 4 rings (SSSR count). The lowest BCUT2D eigenvalue weighted by molar-refractivity contribution is -0.113. The zero-order chi connectivity index (χ0) is 21.8. The normalized spacial score (nSPS) is 11.1. The second-order valence-electron chi connectivity index (χ2n) is 6.33. The van der Waals surface area contributed by atoms with Crippen molar-refractivity contribution >= 4 is 67.6 Å². The third-order valence-corrected chi connectivity index (χ3v) is 6.68. The third-order valence-electron chi connectivity index (χ3n) is 4.23. The number of thioether (sulfide) groups is 1. The van der Waals surface area contributed by atoms with Gasteiger partial charge in [-0.05, 0) is 37.3 Å². The van der Waals surface area contributed by atoms with E-state index < -0.39 is 0 Å². The van der Waals surface area contributed by atoms with Gasteiger partial charge in [-0.3, -0.25) is 4.79 Å². The zero-order valence-electron chi connectivity index (χ0n) is 16.3. The first-order chi connectivity index (χ1) is 15.0. The molecular formula is C20H17Cl2N5O2S2. The van der Waals surface area contributed by atoms with E-state index in [-0.39, 0.29) is 18.3 Å². The van der Waals surface area contributed by atoms with Crippen LogP contribution in [0.1, 0.15) is 12.7 Å². The summed E-state index contributed by atoms with van der Waals surface area (Å²) < 4.78 is 8.69. The predicted molar refractivity (Wildman–Crippen MR) is 125 cm³/mol. The Morgan fingerprint density at radius 2 is 2.06 bits per heavy atom. The van der Waals surface area contributed by atoms with E-state index >= 15 is 0 Å². The smallest absolute Gasteiger partial charge is 0.236 e. The van der Waals surface area contributed by atoms with Gasteiger partial charge in [-0.1, -0.05) is 58.4 Å². The van der Waals surface area contributed by atoms with E-state index in [4.69, 9.17) is 27.9 Å². The standard InChI is InChI=1S/C20H17Cl2N5O2S2/c1-2-27-17(10-29-15-8-7-12(21)9-13(15)22)25-26-20(27)30-11-18(28)24-19-23-14-5-3-4-6-16(14)31-19/h3-9H,2,10-11H2,1H3,(H,23,24,28). The second kappa shape index (κ2) is 9.86. The van der Waals surface area contributed by atoms with Crippen LogP contribution in [0.4, 0.5) is 5.13 Å². The maximum absolute atomic E-state index is 12.4. The topological polar surface area (TPSA) is 81.9 Å². The van der Waals surface area contributed by atoms with Crippen LogP contribution in [0.15, 0.2) is 47.6 Å². The first-order valence-corrected chi connectivity index (χ1v) is 11.9. The minimum atomic E-state index is -0.152. The van der Waals surface area contributed by atoms with Crippen LogP contribution in [0.25, 0.3) is 10.2 Å². The molecule has 1 amide bonds. The maximum atomic E-state index is 12.4. The van der Waals surface area contributed by atoms with Crippen LogP contribution >= 0.6 is 46.3 Å². The van der Waals surface area contributed by atoms with E-state index in [2.05, 4.69) is 20.5 Å². The number of carbonyl (C=O) groups excluding carboxylic acids is 1. The number of nitrogens with zero attached hydrogens (tertiary/aromatic N) is 4. The number of ether oxygens (including phenoxy) is 1. The van der Waals surface area contributed by atoms with Gasteiger partial charge in [0.2, 0.25) is 5.91 Å². The summed E-state index contributed by atoms with van der Waals surface area (Å²) in [7, 11) is 0. The molecule has 0 aliphatic carbocycles. The molecule has 0 fully saturated rings. The summed E-state index contributed by atoms with van der Waals surface area (Å²) in [6, 6.07) is 12.8. The van der Waals surface area contributed by atoms with Crippen molar-refractivity contribution in [3.8, 4) is 5.75 Å². The first kappa shape index (κ1) is 21.9.